The van der Waals surface area contributed by atoms with Crippen LogP contribution in [-0.2, 0) is 9.53 Å². The van der Waals surface area contributed by atoms with Crippen LogP contribution in [0.4, 0.5) is 4.79 Å². The van der Waals surface area contributed by atoms with E-state index in [-0.39, 0.29) is 17.9 Å². The van der Waals surface area contributed by atoms with Gasteiger partial charge >= 0.3 is 12.1 Å². The molecule has 2 aliphatic rings. The summed E-state index contributed by atoms with van der Waals surface area (Å²) in [6, 6.07) is -0.539. The van der Waals surface area contributed by atoms with E-state index in [0.717, 1.165) is 0 Å². The first kappa shape index (κ1) is 13.1. The first-order chi connectivity index (χ1) is 8.28. The van der Waals surface area contributed by atoms with Crippen molar-refractivity contribution < 1.29 is 19.4 Å². The van der Waals surface area contributed by atoms with Crippen LogP contribution in [0, 0.1) is 11.8 Å². The van der Waals surface area contributed by atoms with Crippen molar-refractivity contribution in [3.05, 3.63) is 0 Å². The monoisotopic (exact) mass is 256 g/mol. The Hall–Kier alpha value is -1.30. The first-order valence-corrected chi connectivity index (χ1v) is 6.22. The fraction of sp³-hybridized carbons (Fsp3) is 0.833. The number of aliphatic carboxylic acids is 1. The van der Waals surface area contributed by atoms with Crippen LogP contribution in [0.25, 0.3) is 0 Å². The first-order valence-electron chi connectivity index (χ1n) is 6.22. The molecule has 3 atom stereocenters. The zero-order valence-corrected chi connectivity index (χ0v) is 11.0. The van der Waals surface area contributed by atoms with Gasteiger partial charge < -0.3 is 20.1 Å². The summed E-state index contributed by atoms with van der Waals surface area (Å²) in [5, 5.41) is 12.1. The Bertz CT molecular complexity index is 364. The van der Waals surface area contributed by atoms with E-state index < -0.39 is 17.6 Å². The Kier molecular flexibility index (Phi) is 3.23. The SMILES string of the molecule is CC(C)(C)OC(=O)N1C[C@H]2CNC(C(=O)O)[C@H]2C1. The molecule has 6 heteroatoms. The fourth-order valence-corrected chi connectivity index (χ4v) is 2.67. The third-order valence-electron chi connectivity index (χ3n) is 3.44. The minimum atomic E-state index is -0.839. The van der Waals surface area contributed by atoms with E-state index in [9.17, 15) is 9.59 Å². The summed E-state index contributed by atoms with van der Waals surface area (Å²) >= 11 is 0. The highest BCUT2D eigenvalue weighted by Crippen LogP contribution is 2.31. The standard InChI is InChI=1S/C12H20N2O4/c1-12(2,3)18-11(17)14-5-7-4-13-9(10(15)16)8(7)6-14/h7-9,13H,4-6H2,1-3H3,(H,15,16)/t7-,8+,9?/m1/s1. The number of amides is 1. The van der Waals surface area contributed by atoms with Gasteiger partial charge in [-0.2, -0.15) is 0 Å². The molecular weight excluding hydrogens is 236 g/mol. The summed E-state index contributed by atoms with van der Waals surface area (Å²) in [5.74, 6) is -0.623. The number of likely N-dealkylation sites (tertiary alicyclic amines) is 1. The third-order valence-corrected chi connectivity index (χ3v) is 3.44. The van der Waals surface area contributed by atoms with Gasteiger partial charge in [0, 0.05) is 25.6 Å². The molecule has 0 aromatic rings. The number of carboxylic acid groups (broad SMARTS) is 1. The van der Waals surface area contributed by atoms with Crippen LogP contribution in [0.15, 0.2) is 0 Å². The molecule has 0 spiro atoms. The summed E-state index contributed by atoms with van der Waals surface area (Å²) in [4.78, 5) is 24.6. The van der Waals surface area contributed by atoms with E-state index >= 15 is 0 Å². The van der Waals surface area contributed by atoms with Crippen molar-refractivity contribution in [2.24, 2.45) is 11.8 Å². The quantitative estimate of drug-likeness (QED) is 0.715. The van der Waals surface area contributed by atoms with E-state index in [1.807, 2.05) is 20.8 Å². The number of ether oxygens (including phenoxy) is 1. The van der Waals surface area contributed by atoms with Gasteiger partial charge in [-0.25, -0.2) is 4.79 Å². The van der Waals surface area contributed by atoms with Gasteiger partial charge in [0.15, 0.2) is 0 Å². The zero-order valence-electron chi connectivity index (χ0n) is 11.0. The van der Waals surface area contributed by atoms with Gasteiger partial charge in [0.05, 0.1) is 0 Å². The van der Waals surface area contributed by atoms with Gasteiger partial charge in [-0.1, -0.05) is 0 Å². The van der Waals surface area contributed by atoms with Crippen LogP contribution in [0.1, 0.15) is 20.8 Å². The zero-order chi connectivity index (χ0) is 13.5. The Morgan fingerprint density at radius 2 is 2.00 bits per heavy atom. The number of nitrogens with zero attached hydrogens (tertiary/aromatic N) is 1. The van der Waals surface area contributed by atoms with Gasteiger partial charge in [-0.05, 0) is 26.7 Å². The number of nitrogens with one attached hydrogen (secondary N) is 1. The molecule has 0 aromatic heterocycles. The van der Waals surface area contributed by atoms with Crippen LogP contribution in [0.3, 0.4) is 0 Å². The van der Waals surface area contributed by atoms with Crippen molar-refractivity contribution in [2.45, 2.75) is 32.4 Å². The normalized spacial score (nSPS) is 31.3. The molecule has 2 N–H and O–H groups in total. The summed E-state index contributed by atoms with van der Waals surface area (Å²) in [6.45, 7) is 7.16. The predicted octanol–water partition coefficient (Wildman–Crippen LogP) is 0.526. The summed E-state index contributed by atoms with van der Waals surface area (Å²) < 4.78 is 5.30. The molecule has 1 amide bonds. The Morgan fingerprint density at radius 3 is 2.56 bits per heavy atom. The Labute approximate surface area is 106 Å². The molecule has 102 valence electrons. The molecule has 2 aliphatic heterocycles. The molecule has 0 aromatic carbocycles. The van der Waals surface area contributed by atoms with Crippen molar-refractivity contribution in [1.29, 1.82) is 0 Å². The number of hydrogen-bond acceptors (Lipinski definition) is 4. The molecule has 1 unspecified atom stereocenters. The number of carboxylic acids is 1. The number of carbonyl (C=O) groups is 2. The van der Waals surface area contributed by atoms with Crippen LogP contribution >= 0.6 is 0 Å². The highest BCUT2D eigenvalue weighted by Gasteiger charge is 2.47. The number of hydrogen-bond donors (Lipinski definition) is 2. The summed E-state index contributed by atoms with van der Waals surface area (Å²) in [7, 11) is 0. The van der Waals surface area contributed by atoms with Crippen LogP contribution in [0.2, 0.25) is 0 Å². The maximum Gasteiger partial charge on any atom is 0.410 e. The second kappa shape index (κ2) is 4.42. The molecule has 2 heterocycles. The largest absolute Gasteiger partial charge is 0.480 e. The molecule has 0 saturated carbocycles. The predicted molar refractivity (Wildman–Crippen MR) is 64.2 cm³/mol. The second-order valence-corrected chi connectivity index (χ2v) is 6.03. The Morgan fingerprint density at radius 1 is 1.33 bits per heavy atom. The molecule has 0 radical (unpaired) electrons. The van der Waals surface area contributed by atoms with Gasteiger partial charge in [0.25, 0.3) is 0 Å². The van der Waals surface area contributed by atoms with E-state index in [2.05, 4.69) is 5.32 Å². The molecule has 2 saturated heterocycles. The lowest BCUT2D eigenvalue weighted by Crippen LogP contribution is -2.41. The molecule has 2 rings (SSSR count). The highest BCUT2D eigenvalue weighted by molar-refractivity contribution is 5.75. The highest BCUT2D eigenvalue weighted by atomic mass is 16.6. The van der Waals surface area contributed by atoms with E-state index in [1.165, 1.54) is 0 Å². The number of rotatable bonds is 1. The number of carbonyl (C=O) groups excluding carboxylic acids is 1. The lowest BCUT2D eigenvalue weighted by molar-refractivity contribution is -0.140. The minimum Gasteiger partial charge on any atom is -0.480 e. The molecule has 2 fully saturated rings. The van der Waals surface area contributed by atoms with Crippen molar-refractivity contribution in [2.75, 3.05) is 19.6 Å². The van der Waals surface area contributed by atoms with E-state index in [0.29, 0.717) is 19.6 Å². The van der Waals surface area contributed by atoms with Crippen LogP contribution in [0.5, 0.6) is 0 Å². The molecular formula is C12H20N2O4. The van der Waals surface area contributed by atoms with Crippen molar-refractivity contribution in [3.63, 3.8) is 0 Å². The average Bonchev–Trinajstić information content (AvgIpc) is 2.70. The lowest BCUT2D eigenvalue weighted by Gasteiger charge is -2.25. The van der Waals surface area contributed by atoms with Gasteiger partial charge in [0.1, 0.15) is 11.6 Å². The number of fused-ring (bicyclic) bond motifs is 1. The van der Waals surface area contributed by atoms with Gasteiger partial charge in [-0.3, -0.25) is 4.79 Å². The molecule has 0 bridgehead atoms. The maximum atomic E-state index is 11.9. The van der Waals surface area contributed by atoms with E-state index in [4.69, 9.17) is 9.84 Å². The van der Waals surface area contributed by atoms with Gasteiger partial charge in [-0.15, -0.1) is 0 Å². The second-order valence-electron chi connectivity index (χ2n) is 6.03. The topological polar surface area (TPSA) is 78.9 Å². The van der Waals surface area contributed by atoms with Crippen molar-refractivity contribution in [1.82, 2.24) is 10.2 Å². The van der Waals surface area contributed by atoms with Crippen LogP contribution < -0.4 is 5.32 Å². The molecule has 0 aliphatic carbocycles. The lowest BCUT2D eigenvalue weighted by atomic mass is 9.94. The minimum absolute atomic E-state index is 0.00461. The van der Waals surface area contributed by atoms with Gasteiger partial charge in [0.2, 0.25) is 0 Å². The van der Waals surface area contributed by atoms with Crippen molar-refractivity contribution in [3.8, 4) is 0 Å². The smallest absolute Gasteiger partial charge is 0.410 e. The van der Waals surface area contributed by atoms with Crippen LogP contribution in [-0.4, -0.2) is 53.3 Å². The molecule has 18 heavy (non-hydrogen) atoms. The molecule has 6 nitrogen and oxygen atoms in total. The summed E-state index contributed by atoms with van der Waals surface area (Å²) in [6.07, 6.45) is -0.346. The Balaban J connectivity index is 1.97. The maximum absolute atomic E-state index is 11.9. The van der Waals surface area contributed by atoms with Crippen molar-refractivity contribution >= 4 is 12.1 Å². The average molecular weight is 256 g/mol. The fourth-order valence-electron chi connectivity index (χ4n) is 2.67. The van der Waals surface area contributed by atoms with E-state index in [1.54, 1.807) is 4.90 Å². The summed E-state index contributed by atoms with van der Waals surface area (Å²) in [5.41, 5.74) is -0.515. The third kappa shape index (κ3) is 2.58.